The molecule has 1 atom stereocenters. The number of guanidine groups is 1. The molecule has 0 saturated carbocycles. The first-order valence-corrected chi connectivity index (χ1v) is 9.73. The zero-order valence-corrected chi connectivity index (χ0v) is 17.1. The number of ether oxygens (including phenoxy) is 1. The average molecular weight is 396 g/mol. The summed E-state index contributed by atoms with van der Waals surface area (Å²) in [7, 11) is 1.66. The number of carbonyl (C=O) groups excluding carboxylic acids is 1. The Hall–Kier alpha value is -1.99. The smallest absolute Gasteiger partial charge is 0.244 e. The molecule has 1 aromatic rings. The van der Waals surface area contributed by atoms with Crippen molar-refractivity contribution in [2.75, 3.05) is 57.9 Å². The summed E-state index contributed by atoms with van der Waals surface area (Å²) in [5, 5.41) is 7.12. The minimum atomic E-state index is 0.0438. The first-order chi connectivity index (χ1) is 13.0. The lowest BCUT2D eigenvalue weighted by atomic mass is 10.2. The van der Waals surface area contributed by atoms with Gasteiger partial charge in [0.2, 0.25) is 5.91 Å². The highest BCUT2D eigenvalue weighted by Crippen LogP contribution is 2.19. The van der Waals surface area contributed by atoms with Crippen molar-refractivity contribution < 1.29 is 9.53 Å². The van der Waals surface area contributed by atoms with Crippen LogP contribution < -0.4 is 15.5 Å². The van der Waals surface area contributed by atoms with Gasteiger partial charge in [-0.1, -0.05) is 11.6 Å². The molecule has 1 saturated heterocycles. The number of amides is 1. The summed E-state index contributed by atoms with van der Waals surface area (Å²) in [6, 6.07) is 7.93. The molecule has 1 amide bonds. The Balaban J connectivity index is 1.84. The molecule has 150 valence electrons. The minimum Gasteiger partial charge on any atom is -0.383 e. The molecule has 1 aliphatic heterocycles. The molecule has 0 radical (unpaired) electrons. The fourth-order valence-corrected chi connectivity index (χ4v) is 3.08. The Morgan fingerprint density at radius 1 is 1.26 bits per heavy atom. The molecule has 7 nitrogen and oxygen atoms in total. The number of halogens is 1. The van der Waals surface area contributed by atoms with Gasteiger partial charge in [0, 0.05) is 56.6 Å². The molecule has 1 aromatic carbocycles. The molecule has 2 rings (SSSR count). The monoisotopic (exact) mass is 395 g/mol. The summed E-state index contributed by atoms with van der Waals surface area (Å²) >= 11 is 5.95. The van der Waals surface area contributed by atoms with Gasteiger partial charge in [-0.25, -0.2) is 4.99 Å². The lowest BCUT2D eigenvalue weighted by Crippen LogP contribution is -2.50. The van der Waals surface area contributed by atoms with Gasteiger partial charge in [-0.3, -0.25) is 4.79 Å². The molecule has 0 aliphatic carbocycles. The molecule has 0 bridgehead atoms. The van der Waals surface area contributed by atoms with Crippen LogP contribution in [0.2, 0.25) is 5.02 Å². The van der Waals surface area contributed by atoms with E-state index in [1.165, 1.54) is 0 Å². The fourth-order valence-electron chi connectivity index (χ4n) is 2.96. The van der Waals surface area contributed by atoms with Crippen LogP contribution in [0.15, 0.2) is 29.3 Å². The molecule has 0 aromatic heterocycles. The van der Waals surface area contributed by atoms with Crippen molar-refractivity contribution in [2.24, 2.45) is 4.99 Å². The van der Waals surface area contributed by atoms with Gasteiger partial charge < -0.3 is 25.2 Å². The van der Waals surface area contributed by atoms with Crippen LogP contribution in [0.4, 0.5) is 5.69 Å². The van der Waals surface area contributed by atoms with Crippen molar-refractivity contribution in [2.45, 2.75) is 19.9 Å². The van der Waals surface area contributed by atoms with E-state index in [4.69, 9.17) is 16.3 Å². The van der Waals surface area contributed by atoms with Crippen LogP contribution in [0.5, 0.6) is 0 Å². The summed E-state index contributed by atoms with van der Waals surface area (Å²) in [5.74, 6) is 0.678. The number of carbonyl (C=O) groups is 1. The second-order valence-electron chi connectivity index (χ2n) is 6.54. The van der Waals surface area contributed by atoms with E-state index < -0.39 is 0 Å². The van der Waals surface area contributed by atoms with E-state index in [-0.39, 0.29) is 18.5 Å². The third kappa shape index (κ3) is 6.92. The number of rotatable bonds is 7. The van der Waals surface area contributed by atoms with Crippen molar-refractivity contribution in [3.05, 3.63) is 29.3 Å². The molecular weight excluding hydrogens is 366 g/mol. The number of piperazine rings is 1. The van der Waals surface area contributed by atoms with E-state index in [1.807, 2.05) is 43.0 Å². The minimum absolute atomic E-state index is 0.0438. The third-order valence-corrected chi connectivity index (χ3v) is 4.59. The Morgan fingerprint density at radius 3 is 2.52 bits per heavy atom. The van der Waals surface area contributed by atoms with Gasteiger partial charge in [0.05, 0.1) is 6.61 Å². The van der Waals surface area contributed by atoms with E-state index in [9.17, 15) is 4.79 Å². The quantitative estimate of drug-likeness (QED) is 0.542. The highest BCUT2D eigenvalue weighted by atomic mass is 35.5. The predicted octanol–water partition coefficient (Wildman–Crippen LogP) is 1.58. The number of nitrogens with zero attached hydrogens (tertiary/aromatic N) is 3. The highest BCUT2D eigenvalue weighted by molar-refractivity contribution is 6.30. The van der Waals surface area contributed by atoms with Gasteiger partial charge in [-0.2, -0.15) is 0 Å². The Kier molecular flexibility index (Phi) is 8.67. The van der Waals surface area contributed by atoms with Crippen molar-refractivity contribution in [1.82, 2.24) is 15.5 Å². The van der Waals surface area contributed by atoms with Crippen LogP contribution in [0.25, 0.3) is 0 Å². The fraction of sp³-hybridized carbons (Fsp3) is 0.579. The molecule has 8 heteroatoms. The van der Waals surface area contributed by atoms with E-state index in [0.717, 1.165) is 30.3 Å². The van der Waals surface area contributed by atoms with Crippen molar-refractivity contribution in [3.8, 4) is 0 Å². The van der Waals surface area contributed by atoms with Crippen molar-refractivity contribution >= 4 is 29.2 Å². The van der Waals surface area contributed by atoms with Crippen LogP contribution in [0, 0.1) is 0 Å². The lowest BCUT2D eigenvalue weighted by Gasteiger charge is -2.36. The number of aliphatic imine (C=N–C) groups is 1. The molecule has 0 spiro atoms. The predicted molar refractivity (Wildman–Crippen MR) is 111 cm³/mol. The van der Waals surface area contributed by atoms with Gasteiger partial charge >= 0.3 is 0 Å². The standard InChI is InChI=1S/C19H30ClN5O2/c1-4-21-19(23-15(2)14-27-3)22-13-18(26)25-11-9-24(10-12-25)17-7-5-16(20)6-8-17/h5-8,15H,4,9-14H2,1-3H3,(H2,21,22,23). The molecular formula is C19H30ClN5O2. The number of hydrogen-bond donors (Lipinski definition) is 2. The first kappa shape index (κ1) is 21.3. The van der Waals surface area contributed by atoms with Crippen LogP contribution in [-0.2, 0) is 9.53 Å². The average Bonchev–Trinajstić information content (AvgIpc) is 2.67. The van der Waals surface area contributed by atoms with Gasteiger partial charge in [-0.05, 0) is 38.1 Å². The molecule has 27 heavy (non-hydrogen) atoms. The number of benzene rings is 1. The summed E-state index contributed by atoms with van der Waals surface area (Å²) in [4.78, 5) is 21.1. The van der Waals surface area contributed by atoms with Crippen molar-refractivity contribution in [3.63, 3.8) is 0 Å². The van der Waals surface area contributed by atoms with E-state index in [0.29, 0.717) is 25.7 Å². The van der Waals surface area contributed by atoms with E-state index in [1.54, 1.807) is 7.11 Å². The summed E-state index contributed by atoms with van der Waals surface area (Å²) < 4.78 is 5.12. The largest absolute Gasteiger partial charge is 0.383 e. The number of hydrogen-bond acceptors (Lipinski definition) is 4. The van der Waals surface area contributed by atoms with E-state index >= 15 is 0 Å². The molecule has 2 N–H and O–H groups in total. The molecule has 1 unspecified atom stereocenters. The Labute approximate surface area is 166 Å². The zero-order valence-electron chi connectivity index (χ0n) is 16.4. The Bertz CT molecular complexity index is 615. The maximum Gasteiger partial charge on any atom is 0.244 e. The highest BCUT2D eigenvalue weighted by Gasteiger charge is 2.21. The maximum atomic E-state index is 12.5. The summed E-state index contributed by atoms with van der Waals surface area (Å²) in [5.41, 5.74) is 1.13. The van der Waals surface area contributed by atoms with Gasteiger partial charge in [0.1, 0.15) is 6.54 Å². The van der Waals surface area contributed by atoms with Crippen molar-refractivity contribution in [1.29, 1.82) is 0 Å². The van der Waals surface area contributed by atoms with Crippen LogP contribution in [0.3, 0.4) is 0 Å². The lowest BCUT2D eigenvalue weighted by molar-refractivity contribution is -0.129. The van der Waals surface area contributed by atoms with Gasteiger partial charge in [-0.15, -0.1) is 0 Å². The topological polar surface area (TPSA) is 69.2 Å². The summed E-state index contributed by atoms with van der Waals surface area (Å²) in [6.07, 6.45) is 0. The van der Waals surface area contributed by atoms with Gasteiger partial charge in [0.25, 0.3) is 0 Å². The Morgan fingerprint density at radius 2 is 1.93 bits per heavy atom. The van der Waals surface area contributed by atoms with Crippen LogP contribution in [0.1, 0.15) is 13.8 Å². The second-order valence-corrected chi connectivity index (χ2v) is 6.98. The molecule has 1 aliphatic rings. The van der Waals surface area contributed by atoms with Crippen LogP contribution in [-0.4, -0.2) is 75.8 Å². The first-order valence-electron chi connectivity index (χ1n) is 9.35. The van der Waals surface area contributed by atoms with Crippen LogP contribution >= 0.6 is 11.6 Å². The molecule has 1 heterocycles. The normalized spacial score (nSPS) is 16.2. The SMILES string of the molecule is CCNC(=NCC(=O)N1CCN(c2ccc(Cl)cc2)CC1)NC(C)COC. The summed E-state index contributed by atoms with van der Waals surface area (Å²) in [6.45, 7) is 8.45. The number of nitrogens with one attached hydrogen (secondary N) is 2. The molecule has 1 fully saturated rings. The third-order valence-electron chi connectivity index (χ3n) is 4.34. The zero-order chi connectivity index (χ0) is 19.6. The second kappa shape index (κ2) is 11.0. The van der Waals surface area contributed by atoms with E-state index in [2.05, 4.69) is 20.5 Å². The number of anilines is 1. The maximum absolute atomic E-state index is 12.5. The van der Waals surface area contributed by atoms with Gasteiger partial charge in [0.15, 0.2) is 5.96 Å². The number of methoxy groups -OCH3 is 1.